The zero-order chi connectivity index (χ0) is 98.4. The largest absolute Gasteiger partial charge is 0.394 e. The lowest BCUT2D eigenvalue weighted by Crippen LogP contribution is -2.70. The van der Waals surface area contributed by atoms with Gasteiger partial charge in [0.2, 0.25) is 0 Å². The van der Waals surface area contributed by atoms with Crippen LogP contribution in [0.5, 0.6) is 0 Å². The lowest BCUT2D eigenvalue weighted by atomic mass is 9.85. The smallest absolute Gasteiger partial charge is 0.189 e. The van der Waals surface area contributed by atoms with E-state index in [0.29, 0.717) is 32.1 Å². The Kier molecular flexibility index (Phi) is 47.5. The average Bonchev–Trinajstić information content (AvgIpc) is 0.770. The van der Waals surface area contributed by atoms with Gasteiger partial charge in [0.05, 0.1) is 105 Å². The minimum absolute atomic E-state index is 0.0989. The first-order chi connectivity index (χ1) is 63.4. The molecule has 42 N–H and O–H groups in total. The van der Waals surface area contributed by atoms with E-state index in [-0.39, 0.29) is 55.9 Å². The van der Waals surface area contributed by atoms with Crippen LogP contribution in [0, 0.1) is 132 Å². The van der Waals surface area contributed by atoms with Gasteiger partial charge in [-0.05, 0) is 194 Å². The fraction of sp³-hybridized carbons (Fsp3) is 0.750. The topological polar surface area (TPSA) is 776 Å². The molecule has 0 aromatic carbocycles. The molecule has 45 heteroatoms. The van der Waals surface area contributed by atoms with E-state index in [9.17, 15) is 70.8 Å². The molecule has 12 rings (SSSR count). The van der Waals surface area contributed by atoms with Crippen LogP contribution in [-0.2, 0) is 71.1 Å². The number of alkyl halides is 1. The van der Waals surface area contributed by atoms with Gasteiger partial charge in [-0.3, -0.25) is 0 Å². The number of aliphatic hydroxyl groups is 13. The third-order valence-electron chi connectivity index (χ3n) is 24.0. The third kappa shape index (κ3) is 30.7. The van der Waals surface area contributed by atoms with Crippen LogP contribution in [0.1, 0.15) is 78.6 Å². The molecule has 44 nitrogen and oxygen atoms in total. The molecule has 3 aliphatic carbocycles. The third-order valence-corrected chi connectivity index (χ3v) is 24.0. The van der Waals surface area contributed by atoms with E-state index in [4.69, 9.17) is 165 Å². The maximum absolute atomic E-state index is 14.6. The molecule has 0 aromatic rings. The number of nitrogens with two attached hydrogens (primary N) is 13. The Balaban J connectivity index is 0.000000240. The van der Waals surface area contributed by atoms with Gasteiger partial charge < -0.3 is 228 Å². The van der Waals surface area contributed by atoms with Crippen molar-refractivity contribution < 1.29 is 142 Å². The number of fused-ring (bicyclic) bond motifs is 3. The first-order valence-electron chi connectivity index (χ1n) is 43.5. The van der Waals surface area contributed by atoms with Crippen LogP contribution in [0.4, 0.5) is 4.39 Å². The number of halogens is 1. The van der Waals surface area contributed by atoms with Gasteiger partial charge >= 0.3 is 0 Å². The van der Waals surface area contributed by atoms with Crippen molar-refractivity contribution in [2.24, 2.45) is 74.5 Å². The van der Waals surface area contributed by atoms with E-state index in [2.05, 4.69) is 128 Å². The number of nitrogens with one attached hydrogen (secondary N) is 3. The molecule has 0 aromatic heterocycles. The number of ether oxygens (including phenoxy) is 15. The van der Waals surface area contributed by atoms with E-state index in [0.717, 1.165) is 0 Å². The molecule has 3 saturated carbocycles. The number of aliphatic hydroxyl groups excluding tert-OH is 13. The van der Waals surface area contributed by atoms with Crippen molar-refractivity contribution in [3.8, 4) is 132 Å². The maximum Gasteiger partial charge on any atom is 0.189 e. The van der Waals surface area contributed by atoms with Crippen molar-refractivity contribution in [2.45, 2.75) is 372 Å². The molecule has 742 valence electrons. The highest BCUT2D eigenvalue weighted by Gasteiger charge is 2.59. The number of likely N-dealkylation sites (N-methyl/N-ethyl adjacent to an activating group) is 3. The molecular formula is C88H135FN16O28. The van der Waals surface area contributed by atoms with E-state index >= 15 is 0 Å². The second kappa shape index (κ2) is 55.8. The molecule has 12 fully saturated rings. The Bertz CT molecular complexity index is 3910. The molecule has 0 amide bonds. The predicted molar refractivity (Wildman–Crippen MR) is 472 cm³/mol. The molecule has 12 aliphatic rings. The number of terminal acetylenes is 3. The van der Waals surface area contributed by atoms with Crippen LogP contribution >= 0.6 is 0 Å². The van der Waals surface area contributed by atoms with Crippen LogP contribution in [-0.4, -0.2) is 401 Å². The van der Waals surface area contributed by atoms with Crippen molar-refractivity contribution >= 4 is 0 Å². The normalized spacial score (nSPS) is 44.6. The van der Waals surface area contributed by atoms with E-state index in [1.807, 2.05) is 0 Å². The fourth-order valence-electron chi connectivity index (χ4n) is 17.0. The first-order valence-corrected chi connectivity index (χ1v) is 43.5. The number of rotatable bonds is 18. The molecule has 0 bridgehead atoms. The summed E-state index contributed by atoms with van der Waals surface area (Å²) in [5.74, 6) is 46.1. The van der Waals surface area contributed by atoms with Gasteiger partial charge in [-0.15, -0.1) is 19.3 Å². The molecular weight excluding hydrogens is 1750 g/mol. The van der Waals surface area contributed by atoms with Crippen molar-refractivity contribution in [1.82, 2.24) is 16.0 Å². The Hall–Kier alpha value is -6.67. The lowest BCUT2D eigenvalue weighted by Gasteiger charge is -2.51. The Labute approximate surface area is 774 Å². The van der Waals surface area contributed by atoms with Gasteiger partial charge in [-0.1, -0.05) is 17.8 Å². The van der Waals surface area contributed by atoms with E-state index in [1.54, 1.807) is 41.9 Å². The fourth-order valence-corrected chi connectivity index (χ4v) is 17.0. The van der Waals surface area contributed by atoms with Gasteiger partial charge in [-0.25, -0.2) is 4.39 Å². The van der Waals surface area contributed by atoms with Crippen molar-refractivity contribution in [1.29, 1.82) is 0 Å². The highest BCUT2D eigenvalue weighted by molar-refractivity contribution is 5.42. The first kappa shape index (κ1) is 113. The summed E-state index contributed by atoms with van der Waals surface area (Å²) in [7, 11) is 4.74. The van der Waals surface area contributed by atoms with Gasteiger partial charge in [0.15, 0.2) is 56.6 Å². The lowest BCUT2D eigenvalue weighted by molar-refractivity contribution is -0.372. The Morgan fingerprint density at radius 3 is 0.842 bits per heavy atom. The Morgan fingerprint density at radius 2 is 0.556 bits per heavy atom. The van der Waals surface area contributed by atoms with Crippen molar-refractivity contribution in [2.75, 3.05) is 41.0 Å². The molecule has 0 spiro atoms. The molecule has 9 heterocycles. The predicted octanol–water partition coefficient (Wildman–Crippen LogP) is -14.9. The van der Waals surface area contributed by atoms with Gasteiger partial charge in [0, 0.05) is 42.3 Å². The molecule has 9 aliphatic heterocycles. The molecule has 0 radical (unpaired) electrons. The summed E-state index contributed by atoms with van der Waals surface area (Å²) in [6, 6.07) is -10.1. The second-order valence-electron chi connectivity index (χ2n) is 33.5. The minimum atomic E-state index is -1.53. The number of hydrogen-bond donors (Lipinski definition) is 29. The van der Waals surface area contributed by atoms with Crippen molar-refractivity contribution in [3.05, 3.63) is 0 Å². The van der Waals surface area contributed by atoms with Crippen molar-refractivity contribution in [3.63, 3.8) is 0 Å². The van der Waals surface area contributed by atoms with E-state index < -0.39 is 283 Å². The average molecular weight is 1880 g/mol. The van der Waals surface area contributed by atoms with Crippen LogP contribution in [0.15, 0.2) is 0 Å². The molecule has 48 atom stereocenters. The zero-order valence-corrected chi connectivity index (χ0v) is 74.8. The summed E-state index contributed by atoms with van der Waals surface area (Å²) < 4.78 is 103. The monoisotopic (exact) mass is 1880 g/mol. The SMILES string of the molecule is C#CC#CC#C.C#CC#CC#CC#CC#CC.CC#CC#CC#CC.CNC1C(O[C@H]2OC(CO)[C@@H](N)[C@H](O)C2O)O[C@H]2CC(N)[C@@H](OC3C(N)CC(N)C[C@H]3N)OC2C1O.CNC1C(O[C@H]2OC(CO)[C@@H](N)[C@H](O)C2O)O[C@H]2CC(N)[C@@H](O[C@@H]3C(N)C[C@@H](N)C[C@H]3F)OC2C1O.CNC1C(O[C@H]2OC(CO)[C@@H](N)[C@H](O)C2O)O[C@H]2CC(N)[C@@H](O[C@@H]3C(N)C[C@@H](N)C[C@H]3O)OC2C1O. The quantitative estimate of drug-likeness (QED) is 0.0567. The Morgan fingerprint density at radius 1 is 0.293 bits per heavy atom. The van der Waals surface area contributed by atoms with Crippen LogP contribution in [0.25, 0.3) is 0 Å². The molecule has 26 unspecified atom stereocenters. The highest BCUT2D eigenvalue weighted by atomic mass is 19.1. The minimum Gasteiger partial charge on any atom is -0.394 e. The second-order valence-corrected chi connectivity index (χ2v) is 33.5. The van der Waals surface area contributed by atoms with Crippen LogP contribution in [0.3, 0.4) is 0 Å². The highest BCUT2D eigenvalue weighted by Crippen LogP contribution is 2.41. The van der Waals surface area contributed by atoms with Gasteiger partial charge in [-0.2, -0.15) is 0 Å². The summed E-state index contributed by atoms with van der Waals surface area (Å²) in [6.07, 6.45) is -17.3. The van der Waals surface area contributed by atoms with Crippen LogP contribution < -0.4 is 90.5 Å². The number of hydrogen-bond acceptors (Lipinski definition) is 44. The zero-order valence-electron chi connectivity index (χ0n) is 74.8. The summed E-state index contributed by atoms with van der Waals surface area (Å²) in [5, 5.41) is 143. The standard InChI is InChI=1S/C21H40FN5O9.C21H42N6O9.C21H41N5O10.C11H4.C8H6.C6H2/c1-27-13-15(30)18-10(32-20(13)36-21-16(31)14(29)12(26)11(5-28)33-21)4-9(25)19(35-18)34-17-7(22)2-6(23)3-8(17)24;1-27-13-15(30)18-10(32-20(13)36-21-16(31)14(29)12(26)11(5-28)33-21)4-9(25)19(35-18)34-17-7(23)2-6(22)3-8(17)24;1-26-13-15(30)18-10(32-20(13)36-21-16(31)14(29)12(25)11(5-27)33-21)4-8(24)19(35-18)34-17-7(23)2-6(22)3-9(17)28;1-3-5-7-9-11-10-8-6-4-2;1-3-5-7-8-6-4-2;1-3-5-6-4-2/h6-21,27-31H,2-5,23-26H2,1H3;6-21,27-31H,2-5,22-26H2,1H3;6-21,26-31H,2-5,22-25H2,1H3;1H,2H3;1-2H3;1-2H/t6-,7+,8?,9?,10-,11?,12+,13?,14-,15?,16?,17-,18?,19-,20?,21+;6?,7-,8?,9?,10+,11?,12-,13?,14+,15?,16?,17?,18?,19+,20?,21-;6-,7?,8?,9-,10+,11?,12-,13?,14+,15?,16?,17-,18?,19+,20?,21-;;;/m011.../s1. The molecule has 133 heavy (non-hydrogen) atoms. The maximum atomic E-state index is 14.6. The summed E-state index contributed by atoms with van der Waals surface area (Å²) in [4.78, 5) is 0. The summed E-state index contributed by atoms with van der Waals surface area (Å²) in [5.41, 5.74) is 78.7. The van der Waals surface area contributed by atoms with Gasteiger partial charge in [0.1, 0.15) is 110 Å². The summed E-state index contributed by atoms with van der Waals surface area (Å²) >= 11 is 0. The summed E-state index contributed by atoms with van der Waals surface area (Å²) in [6.45, 7) is 3.72. The van der Waals surface area contributed by atoms with E-state index in [1.165, 1.54) is 0 Å². The molecule has 9 saturated heterocycles. The van der Waals surface area contributed by atoms with Gasteiger partial charge in [0.25, 0.3) is 0 Å². The van der Waals surface area contributed by atoms with Crippen LogP contribution in [0.2, 0.25) is 0 Å².